The van der Waals surface area contributed by atoms with Crippen LogP contribution >= 0.6 is 0 Å². The first-order chi connectivity index (χ1) is 9.28. The second kappa shape index (κ2) is 5.03. The maximum Gasteiger partial charge on any atom is 0.229 e. The average molecular weight is 257 g/mol. The Bertz CT molecular complexity index is 560. The van der Waals surface area contributed by atoms with Gasteiger partial charge in [0.2, 0.25) is 5.89 Å². The van der Waals surface area contributed by atoms with Crippen LogP contribution in [0.15, 0.2) is 28.8 Å². The highest BCUT2D eigenvalue weighted by Crippen LogP contribution is 2.38. The molecule has 100 valence electrons. The van der Waals surface area contributed by atoms with Gasteiger partial charge in [0.15, 0.2) is 5.82 Å². The van der Waals surface area contributed by atoms with E-state index in [9.17, 15) is 0 Å². The Balaban J connectivity index is 1.77. The van der Waals surface area contributed by atoms with E-state index in [1.54, 1.807) is 0 Å². The van der Waals surface area contributed by atoms with E-state index in [-0.39, 0.29) is 0 Å². The molecule has 2 aromatic rings. The molecule has 1 aromatic heterocycles. The number of nitrogens with zero attached hydrogens (tertiary/aromatic N) is 3. The van der Waals surface area contributed by atoms with E-state index in [0.717, 1.165) is 18.3 Å². The van der Waals surface area contributed by atoms with E-state index in [2.05, 4.69) is 53.2 Å². The van der Waals surface area contributed by atoms with E-state index in [1.165, 1.54) is 24.1 Å². The van der Waals surface area contributed by atoms with Crippen molar-refractivity contribution in [1.82, 2.24) is 10.1 Å². The molecule has 0 N–H and O–H groups in total. The third-order valence-corrected chi connectivity index (χ3v) is 3.58. The number of anilines is 1. The van der Waals surface area contributed by atoms with Crippen molar-refractivity contribution in [1.29, 1.82) is 0 Å². The van der Waals surface area contributed by atoms with Crippen molar-refractivity contribution in [3.05, 3.63) is 41.5 Å². The lowest BCUT2D eigenvalue weighted by Gasteiger charge is -2.23. The number of para-hydroxylation sites is 1. The van der Waals surface area contributed by atoms with Crippen LogP contribution in [0.5, 0.6) is 0 Å². The number of hydrogen-bond donors (Lipinski definition) is 0. The molecule has 0 aliphatic heterocycles. The van der Waals surface area contributed by atoms with Crippen molar-refractivity contribution in [3.8, 4) is 0 Å². The Kier molecular flexibility index (Phi) is 3.23. The summed E-state index contributed by atoms with van der Waals surface area (Å²) in [4.78, 5) is 6.77. The minimum absolute atomic E-state index is 0.523. The molecule has 1 fully saturated rings. The zero-order valence-corrected chi connectivity index (χ0v) is 11.5. The van der Waals surface area contributed by atoms with Crippen LogP contribution in [0.3, 0.4) is 0 Å². The molecule has 4 nitrogen and oxygen atoms in total. The second-order valence-electron chi connectivity index (χ2n) is 5.12. The lowest BCUT2D eigenvalue weighted by atomic mass is 10.2. The lowest BCUT2D eigenvalue weighted by molar-refractivity contribution is 0.374. The summed E-state index contributed by atoms with van der Waals surface area (Å²) in [6.45, 7) is 5.91. The van der Waals surface area contributed by atoms with Crippen LogP contribution in [-0.2, 0) is 6.54 Å². The van der Waals surface area contributed by atoms with Crippen molar-refractivity contribution in [2.24, 2.45) is 0 Å². The first kappa shape index (κ1) is 12.2. The number of hydrogen-bond acceptors (Lipinski definition) is 4. The molecule has 1 aromatic carbocycles. The van der Waals surface area contributed by atoms with Crippen molar-refractivity contribution in [2.45, 2.75) is 39.2 Å². The minimum Gasteiger partial charge on any atom is -0.364 e. The van der Waals surface area contributed by atoms with Crippen molar-refractivity contribution < 1.29 is 4.52 Å². The van der Waals surface area contributed by atoms with Crippen LogP contribution in [0.1, 0.15) is 43.0 Å². The molecule has 0 radical (unpaired) electrons. The molecule has 1 heterocycles. The van der Waals surface area contributed by atoms with Crippen LogP contribution in [0.4, 0.5) is 5.69 Å². The van der Waals surface area contributed by atoms with Crippen molar-refractivity contribution in [2.75, 3.05) is 11.4 Å². The first-order valence-electron chi connectivity index (χ1n) is 6.91. The van der Waals surface area contributed by atoms with Gasteiger partial charge in [-0.2, -0.15) is 4.98 Å². The van der Waals surface area contributed by atoms with Gasteiger partial charge >= 0.3 is 0 Å². The first-order valence-corrected chi connectivity index (χ1v) is 6.91. The molecule has 1 aliphatic carbocycles. The fourth-order valence-electron chi connectivity index (χ4n) is 2.28. The third-order valence-electron chi connectivity index (χ3n) is 3.58. The molecule has 0 saturated heterocycles. The van der Waals surface area contributed by atoms with Gasteiger partial charge in [0.05, 0.1) is 6.54 Å². The zero-order chi connectivity index (χ0) is 13.2. The van der Waals surface area contributed by atoms with Crippen LogP contribution in [0.25, 0.3) is 0 Å². The normalized spacial score (nSPS) is 14.6. The zero-order valence-electron chi connectivity index (χ0n) is 11.5. The second-order valence-corrected chi connectivity index (χ2v) is 5.12. The van der Waals surface area contributed by atoms with Crippen LogP contribution in [0.2, 0.25) is 0 Å². The van der Waals surface area contributed by atoms with Crippen LogP contribution in [0, 0.1) is 6.92 Å². The van der Waals surface area contributed by atoms with Crippen LogP contribution in [-0.4, -0.2) is 16.7 Å². The maximum absolute atomic E-state index is 5.31. The number of aromatic nitrogens is 2. The highest BCUT2D eigenvalue weighted by molar-refractivity contribution is 5.52. The quantitative estimate of drug-likeness (QED) is 0.824. The number of aryl methyl sites for hydroxylation is 1. The predicted molar refractivity (Wildman–Crippen MR) is 74.2 cm³/mol. The topological polar surface area (TPSA) is 42.2 Å². The van der Waals surface area contributed by atoms with Gasteiger partial charge in [-0.05, 0) is 38.3 Å². The van der Waals surface area contributed by atoms with E-state index in [4.69, 9.17) is 4.52 Å². The average Bonchev–Trinajstić information content (AvgIpc) is 3.17. The largest absolute Gasteiger partial charge is 0.364 e. The molecule has 1 aliphatic rings. The molecular weight excluding hydrogens is 238 g/mol. The minimum atomic E-state index is 0.523. The van der Waals surface area contributed by atoms with Crippen molar-refractivity contribution >= 4 is 5.69 Å². The van der Waals surface area contributed by atoms with Gasteiger partial charge < -0.3 is 9.42 Å². The molecule has 1 saturated carbocycles. The Labute approximate surface area is 113 Å². The summed E-state index contributed by atoms with van der Waals surface area (Å²) in [5.41, 5.74) is 2.51. The van der Waals surface area contributed by atoms with Gasteiger partial charge in [-0.25, -0.2) is 0 Å². The molecule has 3 rings (SSSR count). The Morgan fingerprint density at radius 3 is 2.79 bits per heavy atom. The fraction of sp³-hybridized carbons (Fsp3) is 0.467. The standard InChI is InChI=1S/C15H19N3O/c1-3-18(13-7-5-4-6-11(13)2)10-14-16-15(19-17-14)12-8-9-12/h4-7,12H,3,8-10H2,1-2H3. The maximum atomic E-state index is 5.31. The van der Waals surface area contributed by atoms with E-state index in [1.807, 2.05) is 0 Å². The molecule has 19 heavy (non-hydrogen) atoms. The van der Waals surface area contributed by atoms with E-state index in [0.29, 0.717) is 12.5 Å². The number of rotatable bonds is 5. The molecule has 0 spiro atoms. The Morgan fingerprint density at radius 2 is 2.11 bits per heavy atom. The molecular formula is C15H19N3O. The van der Waals surface area contributed by atoms with Gasteiger partial charge in [-0.1, -0.05) is 23.4 Å². The van der Waals surface area contributed by atoms with E-state index < -0.39 is 0 Å². The van der Waals surface area contributed by atoms with Gasteiger partial charge in [-0.3, -0.25) is 0 Å². The summed E-state index contributed by atoms with van der Waals surface area (Å²) in [5.74, 6) is 2.12. The summed E-state index contributed by atoms with van der Waals surface area (Å²) in [7, 11) is 0. The van der Waals surface area contributed by atoms with Crippen molar-refractivity contribution in [3.63, 3.8) is 0 Å². The third kappa shape index (κ3) is 2.62. The highest BCUT2D eigenvalue weighted by atomic mass is 16.5. The fourth-order valence-corrected chi connectivity index (χ4v) is 2.28. The summed E-state index contributed by atoms with van der Waals surface area (Å²) < 4.78 is 5.31. The Morgan fingerprint density at radius 1 is 1.32 bits per heavy atom. The molecule has 0 atom stereocenters. The molecule has 0 amide bonds. The number of benzene rings is 1. The lowest BCUT2D eigenvalue weighted by Crippen LogP contribution is -2.23. The van der Waals surface area contributed by atoms with Gasteiger partial charge in [0.25, 0.3) is 0 Å². The molecule has 0 bridgehead atoms. The summed E-state index contributed by atoms with van der Waals surface area (Å²) in [6.07, 6.45) is 2.38. The van der Waals surface area contributed by atoms with Crippen LogP contribution < -0.4 is 4.90 Å². The molecule has 4 heteroatoms. The smallest absolute Gasteiger partial charge is 0.229 e. The molecule has 0 unspecified atom stereocenters. The summed E-state index contributed by atoms with van der Waals surface area (Å²) in [5, 5.41) is 4.09. The van der Waals surface area contributed by atoms with Gasteiger partial charge in [-0.15, -0.1) is 0 Å². The van der Waals surface area contributed by atoms with E-state index >= 15 is 0 Å². The van der Waals surface area contributed by atoms with Gasteiger partial charge in [0, 0.05) is 18.2 Å². The Hall–Kier alpha value is -1.84. The highest BCUT2D eigenvalue weighted by Gasteiger charge is 2.29. The predicted octanol–water partition coefficient (Wildman–Crippen LogP) is 3.28. The summed E-state index contributed by atoms with van der Waals surface area (Å²) >= 11 is 0. The van der Waals surface area contributed by atoms with Gasteiger partial charge in [0.1, 0.15) is 0 Å². The SMILES string of the molecule is CCN(Cc1noc(C2CC2)n1)c1ccccc1C. The monoisotopic (exact) mass is 257 g/mol. The summed E-state index contributed by atoms with van der Waals surface area (Å²) in [6, 6.07) is 8.40.